The number of methoxy groups -OCH3 is 1. The summed E-state index contributed by atoms with van der Waals surface area (Å²) in [6, 6.07) is 21.8. The first kappa shape index (κ1) is 16.7. The first-order valence-electron chi connectivity index (χ1n) is 8.42. The van der Waals surface area contributed by atoms with Crippen molar-refractivity contribution in [3.63, 3.8) is 0 Å². The van der Waals surface area contributed by atoms with E-state index in [9.17, 15) is 9.59 Å². The topological polar surface area (TPSA) is 70.7 Å². The van der Waals surface area contributed by atoms with Crippen LogP contribution in [-0.4, -0.2) is 23.9 Å². The normalized spacial score (nSPS) is 12.7. The summed E-state index contributed by atoms with van der Waals surface area (Å²) < 4.78 is 5.45. The Bertz CT molecular complexity index is 983. The number of anilines is 3. The van der Waals surface area contributed by atoms with Crippen LogP contribution in [0.2, 0.25) is 0 Å². The molecule has 0 saturated heterocycles. The summed E-state index contributed by atoms with van der Waals surface area (Å²) in [7, 11) is 1.57. The van der Waals surface area contributed by atoms with Crippen molar-refractivity contribution >= 4 is 28.9 Å². The third-order valence-corrected chi connectivity index (χ3v) is 4.29. The predicted octanol–water partition coefficient (Wildman–Crippen LogP) is 4.06. The quantitative estimate of drug-likeness (QED) is 0.672. The molecule has 0 saturated carbocycles. The molecule has 0 aromatic heterocycles. The maximum Gasteiger partial charge on any atom is 0.280 e. The van der Waals surface area contributed by atoms with E-state index in [0.717, 1.165) is 16.4 Å². The van der Waals surface area contributed by atoms with Gasteiger partial charge in [-0.15, -0.1) is 0 Å². The maximum absolute atomic E-state index is 12.5. The Morgan fingerprint density at radius 1 is 0.778 bits per heavy atom. The SMILES string of the molecule is COc1cc(NN2C(=O)c3ccccc3C2=O)ccc1Nc1ccccc1. The third-order valence-electron chi connectivity index (χ3n) is 4.29. The van der Waals surface area contributed by atoms with Crippen LogP contribution >= 0.6 is 0 Å². The number of benzene rings is 3. The lowest BCUT2D eigenvalue weighted by Gasteiger charge is -2.18. The molecule has 0 aliphatic carbocycles. The number of amides is 2. The Labute approximate surface area is 156 Å². The molecule has 0 radical (unpaired) electrons. The molecule has 0 spiro atoms. The molecule has 3 aromatic carbocycles. The summed E-state index contributed by atoms with van der Waals surface area (Å²) in [6.07, 6.45) is 0. The molecule has 0 unspecified atom stereocenters. The van der Waals surface area contributed by atoms with Gasteiger partial charge in [-0.25, -0.2) is 0 Å². The van der Waals surface area contributed by atoms with Crippen LogP contribution in [0.15, 0.2) is 72.8 Å². The molecular formula is C21H17N3O3. The van der Waals surface area contributed by atoms with Gasteiger partial charge in [-0.05, 0) is 36.4 Å². The van der Waals surface area contributed by atoms with Crippen LogP contribution in [0.1, 0.15) is 20.7 Å². The number of hydrogen-bond donors (Lipinski definition) is 2. The van der Waals surface area contributed by atoms with E-state index in [2.05, 4.69) is 10.7 Å². The van der Waals surface area contributed by atoms with E-state index < -0.39 is 0 Å². The second-order valence-corrected chi connectivity index (χ2v) is 6.01. The fourth-order valence-corrected chi connectivity index (χ4v) is 2.96. The van der Waals surface area contributed by atoms with Crippen molar-refractivity contribution in [1.82, 2.24) is 5.01 Å². The summed E-state index contributed by atoms with van der Waals surface area (Å²) in [5.74, 6) is -0.164. The highest BCUT2D eigenvalue weighted by Crippen LogP contribution is 2.32. The van der Waals surface area contributed by atoms with E-state index in [4.69, 9.17) is 4.74 Å². The standard InChI is InChI=1S/C21H17N3O3/c1-27-19-13-15(11-12-18(19)22-14-7-3-2-4-8-14)23-24-20(25)16-9-5-6-10-17(16)21(24)26/h2-13,22-23H,1H3. The smallest absolute Gasteiger partial charge is 0.280 e. The lowest BCUT2D eigenvalue weighted by atomic mass is 10.1. The summed E-state index contributed by atoms with van der Waals surface area (Å²) in [5, 5.41) is 4.29. The van der Waals surface area contributed by atoms with E-state index in [-0.39, 0.29) is 11.8 Å². The van der Waals surface area contributed by atoms with Crippen molar-refractivity contribution in [2.75, 3.05) is 17.9 Å². The molecular weight excluding hydrogens is 342 g/mol. The van der Waals surface area contributed by atoms with Gasteiger partial charge < -0.3 is 10.1 Å². The van der Waals surface area contributed by atoms with E-state index in [1.54, 1.807) is 43.5 Å². The fourth-order valence-electron chi connectivity index (χ4n) is 2.96. The molecule has 6 nitrogen and oxygen atoms in total. The molecule has 6 heteroatoms. The average Bonchev–Trinajstić information content (AvgIpc) is 2.95. The van der Waals surface area contributed by atoms with Crippen LogP contribution in [0.3, 0.4) is 0 Å². The van der Waals surface area contributed by atoms with Gasteiger partial charge in [0.2, 0.25) is 0 Å². The van der Waals surface area contributed by atoms with E-state index in [1.165, 1.54) is 0 Å². The Morgan fingerprint density at radius 2 is 1.41 bits per heavy atom. The minimum Gasteiger partial charge on any atom is -0.494 e. The minimum absolute atomic E-state index is 0.374. The van der Waals surface area contributed by atoms with Crippen LogP contribution in [0, 0.1) is 0 Å². The van der Waals surface area contributed by atoms with Gasteiger partial charge in [0.15, 0.2) is 0 Å². The Kier molecular flexibility index (Phi) is 4.22. The molecule has 134 valence electrons. The Hall–Kier alpha value is -3.80. The van der Waals surface area contributed by atoms with E-state index >= 15 is 0 Å². The number of carbonyl (C=O) groups excluding carboxylic acids is 2. The number of fused-ring (bicyclic) bond motifs is 1. The molecule has 0 bridgehead atoms. The van der Waals surface area contributed by atoms with Crippen molar-refractivity contribution in [3.8, 4) is 5.75 Å². The zero-order valence-electron chi connectivity index (χ0n) is 14.6. The van der Waals surface area contributed by atoms with Crippen molar-refractivity contribution in [2.45, 2.75) is 0 Å². The molecule has 2 amide bonds. The van der Waals surface area contributed by atoms with E-state index in [0.29, 0.717) is 22.6 Å². The fraction of sp³-hybridized carbons (Fsp3) is 0.0476. The summed E-state index contributed by atoms with van der Waals surface area (Å²) in [5.41, 5.74) is 5.94. The highest BCUT2D eigenvalue weighted by molar-refractivity contribution is 6.21. The second kappa shape index (κ2) is 6.84. The number of para-hydroxylation sites is 1. The Balaban J connectivity index is 1.57. The number of imide groups is 1. The van der Waals surface area contributed by atoms with Gasteiger partial charge in [0.25, 0.3) is 11.8 Å². The minimum atomic E-state index is -0.374. The molecule has 0 atom stereocenters. The zero-order valence-corrected chi connectivity index (χ0v) is 14.6. The number of nitrogens with one attached hydrogen (secondary N) is 2. The summed E-state index contributed by atoms with van der Waals surface area (Å²) in [4.78, 5) is 24.9. The van der Waals surface area contributed by atoms with Gasteiger partial charge in [-0.1, -0.05) is 30.3 Å². The number of ether oxygens (including phenoxy) is 1. The second-order valence-electron chi connectivity index (χ2n) is 6.01. The molecule has 27 heavy (non-hydrogen) atoms. The van der Waals surface area contributed by atoms with Crippen molar-refractivity contribution in [2.24, 2.45) is 0 Å². The van der Waals surface area contributed by atoms with Crippen LogP contribution in [-0.2, 0) is 0 Å². The van der Waals surface area contributed by atoms with Gasteiger partial charge in [-0.3, -0.25) is 15.0 Å². The number of carbonyl (C=O) groups is 2. The molecule has 1 aliphatic heterocycles. The zero-order chi connectivity index (χ0) is 18.8. The molecule has 3 aromatic rings. The first-order chi connectivity index (χ1) is 13.2. The predicted molar refractivity (Wildman–Crippen MR) is 103 cm³/mol. The van der Waals surface area contributed by atoms with Crippen LogP contribution < -0.4 is 15.5 Å². The van der Waals surface area contributed by atoms with Crippen molar-refractivity contribution in [3.05, 3.63) is 83.9 Å². The van der Waals surface area contributed by atoms with Crippen molar-refractivity contribution in [1.29, 1.82) is 0 Å². The summed E-state index contributed by atoms with van der Waals surface area (Å²) >= 11 is 0. The number of hydrazine groups is 1. The van der Waals surface area contributed by atoms with Crippen LogP contribution in [0.4, 0.5) is 17.1 Å². The number of nitrogens with zero attached hydrogens (tertiary/aromatic N) is 1. The first-order valence-corrected chi connectivity index (χ1v) is 8.42. The molecule has 1 aliphatic rings. The average molecular weight is 359 g/mol. The molecule has 2 N–H and O–H groups in total. The number of hydrogen-bond acceptors (Lipinski definition) is 5. The monoisotopic (exact) mass is 359 g/mol. The third kappa shape index (κ3) is 3.08. The highest BCUT2D eigenvalue weighted by Gasteiger charge is 2.35. The number of rotatable bonds is 5. The van der Waals surface area contributed by atoms with Gasteiger partial charge in [0, 0.05) is 11.8 Å². The van der Waals surface area contributed by atoms with Crippen LogP contribution in [0.5, 0.6) is 5.75 Å². The molecule has 4 rings (SSSR count). The highest BCUT2D eigenvalue weighted by atomic mass is 16.5. The molecule has 0 fully saturated rings. The van der Waals surface area contributed by atoms with Crippen molar-refractivity contribution < 1.29 is 14.3 Å². The van der Waals surface area contributed by atoms with Gasteiger partial charge in [0.1, 0.15) is 5.75 Å². The van der Waals surface area contributed by atoms with Crippen LogP contribution in [0.25, 0.3) is 0 Å². The molecule has 1 heterocycles. The van der Waals surface area contributed by atoms with Gasteiger partial charge in [0.05, 0.1) is 29.6 Å². The summed E-state index contributed by atoms with van der Waals surface area (Å²) in [6.45, 7) is 0. The van der Waals surface area contributed by atoms with Gasteiger partial charge >= 0.3 is 0 Å². The lowest BCUT2D eigenvalue weighted by Crippen LogP contribution is -2.35. The van der Waals surface area contributed by atoms with Gasteiger partial charge in [-0.2, -0.15) is 5.01 Å². The maximum atomic E-state index is 12.5. The largest absolute Gasteiger partial charge is 0.494 e. The Morgan fingerprint density at radius 3 is 2.04 bits per heavy atom. The lowest BCUT2D eigenvalue weighted by molar-refractivity contribution is 0.0691. The van der Waals surface area contributed by atoms with E-state index in [1.807, 2.05) is 36.4 Å².